The minimum absolute atomic E-state index is 0.0447. The van der Waals surface area contributed by atoms with E-state index in [1.807, 2.05) is 37.3 Å². The predicted molar refractivity (Wildman–Crippen MR) is 87.5 cm³/mol. The maximum Gasteiger partial charge on any atom is 0.261 e. The third-order valence-electron chi connectivity index (χ3n) is 3.52. The van der Waals surface area contributed by atoms with E-state index in [-0.39, 0.29) is 5.91 Å². The molecule has 2 aromatic heterocycles. The van der Waals surface area contributed by atoms with Crippen molar-refractivity contribution in [3.8, 4) is 0 Å². The Balaban J connectivity index is 1.61. The fourth-order valence-corrected chi connectivity index (χ4v) is 3.13. The summed E-state index contributed by atoms with van der Waals surface area (Å²) in [6.45, 7) is 5.62. The third-order valence-corrected chi connectivity index (χ3v) is 4.52. The van der Waals surface area contributed by atoms with Gasteiger partial charge in [-0.2, -0.15) is 0 Å². The van der Waals surface area contributed by atoms with Crippen molar-refractivity contribution in [1.29, 1.82) is 0 Å². The lowest BCUT2D eigenvalue weighted by Gasteiger charge is -2.28. The van der Waals surface area contributed by atoms with E-state index < -0.39 is 0 Å². The van der Waals surface area contributed by atoms with Crippen LogP contribution in [0, 0.1) is 6.92 Å². The molecule has 0 saturated carbocycles. The SMILES string of the molecule is Cc1ccc(C(=O)NCc2cccc(N3CCOCC3)n2)s1. The van der Waals surface area contributed by atoms with Crippen LogP contribution in [0.1, 0.15) is 20.2 Å². The van der Waals surface area contributed by atoms with Crippen LogP contribution in [0.25, 0.3) is 0 Å². The standard InChI is InChI=1S/C16H19N3O2S/c1-12-5-6-14(22-12)16(20)17-11-13-3-2-4-15(18-13)19-7-9-21-10-8-19/h2-6H,7-11H2,1H3,(H,17,20). The van der Waals surface area contributed by atoms with E-state index in [0.717, 1.165) is 47.6 Å². The topological polar surface area (TPSA) is 54.5 Å². The molecule has 116 valence electrons. The van der Waals surface area contributed by atoms with Crippen molar-refractivity contribution >= 4 is 23.1 Å². The summed E-state index contributed by atoms with van der Waals surface area (Å²) >= 11 is 1.50. The molecular weight excluding hydrogens is 298 g/mol. The molecule has 1 aliphatic rings. The van der Waals surface area contributed by atoms with Crippen LogP contribution in [0.15, 0.2) is 30.3 Å². The van der Waals surface area contributed by atoms with Crippen LogP contribution in [0.3, 0.4) is 0 Å². The summed E-state index contributed by atoms with van der Waals surface area (Å²) in [5.41, 5.74) is 0.866. The van der Waals surface area contributed by atoms with Crippen LogP contribution < -0.4 is 10.2 Å². The zero-order chi connectivity index (χ0) is 15.4. The minimum Gasteiger partial charge on any atom is -0.378 e. The lowest BCUT2D eigenvalue weighted by molar-refractivity contribution is 0.0954. The van der Waals surface area contributed by atoms with Gasteiger partial charge in [-0.15, -0.1) is 11.3 Å². The molecule has 22 heavy (non-hydrogen) atoms. The van der Waals surface area contributed by atoms with E-state index >= 15 is 0 Å². The zero-order valence-corrected chi connectivity index (χ0v) is 13.4. The Labute approximate surface area is 133 Å². The van der Waals surface area contributed by atoms with Gasteiger partial charge in [0.25, 0.3) is 5.91 Å². The van der Waals surface area contributed by atoms with Crippen LogP contribution in [0.5, 0.6) is 0 Å². The number of carbonyl (C=O) groups excluding carboxylic acids is 1. The number of aryl methyl sites for hydroxylation is 1. The highest BCUT2D eigenvalue weighted by molar-refractivity contribution is 7.13. The van der Waals surface area contributed by atoms with Gasteiger partial charge in [-0.1, -0.05) is 6.07 Å². The van der Waals surface area contributed by atoms with Crippen molar-refractivity contribution in [2.45, 2.75) is 13.5 Å². The number of anilines is 1. The number of thiophene rings is 1. The molecule has 0 aliphatic carbocycles. The van der Waals surface area contributed by atoms with Crippen LogP contribution in [-0.2, 0) is 11.3 Å². The molecule has 0 spiro atoms. The molecule has 1 saturated heterocycles. The molecule has 1 aliphatic heterocycles. The first-order valence-electron chi connectivity index (χ1n) is 7.35. The van der Waals surface area contributed by atoms with E-state index in [4.69, 9.17) is 4.74 Å². The molecular formula is C16H19N3O2S. The number of morpholine rings is 1. The highest BCUT2D eigenvalue weighted by Crippen LogP contribution is 2.16. The summed E-state index contributed by atoms with van der Waals surface area (Å²) in [4.78, 5) is 20.8. The first kappa shape index (κ1) is 15.0. The summed E-state index contributed by atoms with van der Waals surface area (Å²) in [7, 11) is 0. The van der Waals surface area contributed by atoms with Gasteiger partial charge in [0.15, 0.2) is 0 Å². The summed E-state index contributed by atoms with van der Waals surface area (Å²) in [6, 6.07) is 9.72. The van der Waals surface area contributed by atoms with E-state index in [9.17, 15) is 4.79 Å². The van der Waals surface area contributed by atoms with Gasteiger partial charge in [-0.05, 0) is 31.2 Å². The van der Waals surface area contributed by atoms with Crippen LogP contribution in [0.4, 0.5) is 5.82 Å². The number of hydrogen-bond donors (Lipinski definition) is 1. The molecule has 6 heteroatoms. The molecule has 0 bridgehead atoms. The molecule has 1 N–H and O–H groups in total. The Bertz CT molecular complexity index is 650. The largest absolute Gasteiger partial charge is 0.378 e. The number of nitrogens with zero attached hydrogens (tertiary/aromatic N) is 2. The van der Waals surface area contributed by atoms with E-state index in [0.29, 0.717) is 6.54 Å². The molecule has 0 unspecified atom stereocenters. The van der Waals surface area contributed by atoms with E-state index in [1.54, 1.807) is 0 Å². The second kappa shape index (κ2) is 6.89. The minimum atomic E-state index is -0.0447. The second-order valence-corrected chi connectivity index (χ2v) is 6.47. The highest BCUT2D eigenvalue weighted by atomic mass is 32.1. The molecule has 1 fully saturated rings. The fraction of sp³-hybridized carbons (Fsp3) is 0.375. The van der Waals surface area contributed by atoms with Gasteiger partial charge in [-0.3, -0.25) is 4.79 Å². The van der Waals surface area contributed by atoms with Crippen LogP contribution in [-0.4, -0.2) is 37.2 Å². The Morgan fingerprint density at radius 2 is 2.14 bits per heavy atom. The smallest absolute Gasteiger partial charge is 0.261 e. The summed E-state index contributed by atoms with van der Waals surface area (Å²) in [5.74, 6) is 0.902. The van der Waals surface area contributed by atoms with Gasteiger partial charge < -0.3 is 15.0 Å². The first-order chi connectivity index (χ1) is 10.7. The van der Waals surface area contributed by atoms with Crippen molar-refractivity contribution in [2.75, 3.05) is 31.2 Å². The van der Waals surface area contributed by atoms with Crippen LogP contribution in [0.2, 0.25) is 0 Å². The number of hydrogen-bond acceptors (Lipinski definition) is 5. The molecule has 3 heterocycles. The van der Waals surface area contributed by atoms with Crippen molar-refractivity contribution in [3.05, 3.63) is 45.8 Å². The Morgan fingerprint density at radius 3 is 2.86 bits per heavy atom. The first-order valence-corrected chi connectivity index (χ1v) is 8.17. The number of carbonyl (C=O) groups is 1. The van der Waals surface area contributed by atoms with Crippen molar-refractivity contribution < 1.29 is 9.53 Å². The molecule has 1 amide bonds. The number of pyridine rings is 1. The van der Waals surface area contributed by atoms with Crippen molar-refractivity contribution in [3.63, 3.8) is 0 Å². The third kappa shape index (κ3) is 3.64. The number of aromatic nitrogens is 1. The molecule has 2 aromatic rings. The average Bonchev–Trinajstić information content (AvgIpc) is 3.00. The Kier molecular flexibility index (Phi) is 4.70. The number of amides is 1. The lowest BCUT2D eigenvalue weighted by atomic mass is 10.3. The molecule has 0 aromatic carbocycles. The van der Waals surface area contributed by atoms with Gasteiger partial charge in [0, 0.05) is 18.0 Å². The number of ether oxygens (including phenoxy) is 1. The zero-order valence-electron chi connectivity index (χ0n) is 12.5. The lowest BCUT2D eigenvalue weighted by Crippen LogP contribution is -2.37. The number of rotatable bonds is 4. The normalized spacial score (nSPS) is 14.9. The summed E-state index contributed by atoms with van der Waals surface area (Å²) in [5, 5.41) is 2.92. The maximum atomic E-state index is 12.1. The monoisotopic (exact) mass is 317 g/mol. The van der Waals surface area contributed by atoms with Gasteiger partial charge in [-0.25, -0.2) is 4.98 Å². The van der Waals surface area contributed by atoms with Gasteiger partial charge in [0.05, 0.1) is 30.3 Å². The number of nitrogens with one attached hydrogen (secondary N) is 1. The summed E-state index contributed by atoms with van der Waals surface area (Å²) in [6.07, 6.45) is 0. The Morgan fingerprint density at radius 1 is 1.32 bits per heavy atom. The van der Waals surface area contributed by atoms with Crippen molar-refractivity contribution in [2.24, 2.45) is 0 Å². The molecule has 5 nitrogen and oxygen atoms in total. The van der Waals surface area contributed by atoms with Gasteiger partial charge >= 0.3 is 0 Å². The fourth-order valence-electron chi connectivity index (χ4n) is 2.35. The average molecular weight is 317 g/mol. The maximum absolute atomic E-state index is 12.1. The van der Waals surface area contributed by atoms with Gasteiger partial charge in [0.1, 0.15) is 5.82 Å². The van der Waals surface area contributed by atoms with E-state index in [1.165, 1.54) is 11.3 Å². The molecule has 3 rings (SSSR count). The second-order valence-electron chi connectivity index (χ2n) is 5.18. The quantitative estimate of drug-likeness (QED) is 0.939. The summed E-state index contributed by atoms with van der Waals surface area (Å²) < 4.78 is 5.36. The predicted octanol–water partition coefficient (Wildman–Crippen LogP) is 2.22. The van der Waals surface area contributed by atoms with Crippen molar-refractivity contribution in [1.82, 2.24) is 10.3 Å². The molecule has 0 radical (unpaired) electrons. The molecule has 0 atom stereocenters. The van der Waals surface area contributed by atoms with Crippen LogP contribution >= 0.6 is 11.3 Å². The van der Waals surface area contributed by atoms with E-state index in [2.05, 4.69) is 15.2 Å². The Hall–Kier alpha value is -1.92. The highest BCUT2D eigenvalue weighted by Gasteiger charge is 2.13. The van der Waals surface area contributed by atoms with Gasteiger partial charge in [0.2, 0.25) is 0 Å².